The van der Waals surface area contributed by atoms with Crippen LogP contribution in [-0.2, 0) is 0 Å². The SMILES string of the molecule is CCC1CC1Nc1cc(C(N)=S)ccn1. The average molecular weight is 221 g/mol. The summed E-state index contributed by atoms with van der Waals surface area (Å²) in [5.41, 5.74) is 6.43. The summed E-state index contributed by atoms with van der Waals surface area (Å²) >= 11 is 4.92. The van der Waals surface area contributed by atoms with Crippen molar-refractivity contribution in [2.45, 2.75) is 25.8 Å². The number of hydrogen-bond donors (Lipinski definition) is 2. The molecule has 2 atom stereocenters. The lowest BCUT2D eigenvalue weighted by Gasteiger charge is -2.05. The second-order valence-corrected chi connectivity index (χ2v) is 4.39. The first kappa shape index (κ1) is 10.4. The highest BCUT2D eigenvalue weighted by molar-refractivity contribution is 7.80. The molecule has 1 aliphatic carbocycles. The summed E-state index contributed by atoms with van der Waals surface area (Å²) in [5, 5.41) is 3.39. The van der Waals surface area contributed by atoms with Gasteiger partial charge in [0.15, 0.2) is 0 Å². The quantitative estimate of drug-likeness (QED) is 0.763. The zero-order chi connectivity index (χ0) is 10.8. The van der Waals surface area contributed by atoms with Crippen molar-refractivity contribution in [1.82, 2.24) is 4.98 Å². The minimum atomic E-state index is 0.420. The third kappa shape index (κ3) is 2.45. The van der Waals surface area contributed by atoms with Crippen LogP contribution in [0.25, 0.3) is 0 Å². The molecular weight excluding hydrogens is 206 g/mol. The first-order valence-corrected chi connectivity index (χ1v) is 5.64. The van der Waals surface area contributed by atoms with Gasteiger partial charge in [0.05, 0.1) is 0 Å². The van der Waals surface area contributed by atoms with Gasteiger partial charge in [0.1, 0.15) is 10.8 Å². The van der Waals surface area contributed by atoms with E-state index in [0.717, 1.165) is 17.3 Å². The third-order valence-electron chi connectivity index (χ3n) is 2.82. The lowest BCUT2D eigenvalue weighted by molar-refractivity contribution is 0.773. The van der Waals surface area contributed by atoms with Crippen LogP contribution in [0.4, 0.5) is 5.82 Å². The second-order valence-electron chi connectivity index (χ2n) is 3.95. The van der Waals surface area contributed by atoms with Gasteiger partial charge in [-0.1, -0.05) is 25.6 Å². The highest BCUT2D eigenvalue weighted by atomic mass is 32.1. The number of nitrogens with one attached hydrogen (secondary N) is 1. The molecule has 3 nitrogen and oxygen atoms in total. The van der Waals surface area contributed by atoms with Crippen LogP contribution in [0.3, 0.4) is 0 Å². The highest BCUT2D eigenvalue weighted by Crippen LogP contribution is 2.35. The number of aromatic nitrogens is 1. The van der Waals surface area contributed by atoms with Gasteiger partial charge in [0.2, 0.25) is 0 Å². The van der Waals surface area contributed by atoms with Crippen molar-refractivity contribution in [1.29, 1.82) is 0 Å². The zero-order valence-electron chi connectivity index (χ0n) is 8.73. The van der Waals surface area contributed by atoms with Crippen molar-refractivity contribution >= 4 is 23.0 Å². The van der Waals surface area contributed by atoms with Crippen LogP contribution in [-0.4, -0.2) is 16.0 Å². The maximum absolute atomic E-state index is 5.56. The topological polar surface area (TPSA) is 50.9 Å². The molecule has 1 saturated carbocycles. The van der Waals surface area contributed by atoms with Crippen molar-refractivity contribution in [3.8, 4) is 0 Å². The molecule has 0 amide bonds. The smallest absolute Gasteiger partial charge is 0.126 e. The van der Waals surface area contributed by atoms with E-state index < -0.39 is 0 Å². The Bertz CT molecular complexity index is 378. The van der Waals surface area contributed by atoms with Gasteiger partial charge < -0.3 is 11.1 Å². The van der Waals surface area contributed by atoms with E-state index in [1.165, 1.54) is 12.8 Å². The van der Waals surface area contributed by atoms with Crippen molar-refractivity contribution < 1.29 is 0 Å². The highest BCUT2D eigenvalue weighted by Gasteiger charge is 2.35. The molecule has 0 aliphatic heterocycles. The van der Waals surface area contributed by atoms with Crippen LogP contribution >= 0.6 is 12.2 Å². The van der Waals surface area contributed by atoms with Crippen LogP contribution < -0.4 is 11.1 Å². The van der Waals surface area contributed by atoms with Crippen LogP contribution in [0.1, 0.15) is 25.3 Å². The number of rotatable bonds is 4. The van der Waals surface area contributed by atoms with Gasteiger partial charge in [0, 0.05) is 17.8 Å². The predicted molar refractivity (Wildman–Crippen MR) is 65.9 cm³/mol. The Hall–Kier alpha value is -1.16. The van der Waals surface area contributed by atoms with Gasteiger partial charge in [-0.3, -0.25) is 0 Å². The molecule has 1 heterocycles. The molecule has 3 N–H and O–H groups in total. The molecular formula is C11H15N3S. The summed E-state index contributed by atoms with van der Waals surface area (Å²) in [6, 6.07) is 4.33. The van der Waals surface area contributed by atoms with E-state index in [9.17, 15) is 0 Å². The summed E-state index contributed by atoms with van der Waals surface area (Å²) in [6.45, 7) is 2.21. The first-order chi connectivity index (χ1) is 7.20. The first-order valence-electron chi connectivity index (χ1n) is 5.23. The zero-order valence-corrected chi connectivity index (χ0v) is 9.55. The largest absolute Gasteiger partial charge is 0.389 e. The number of hydrogen-bond acceptors (Lipinski definition) is 3. The Kier molecular flexibility index (Phi) is 2.86. The Morgan fingerprint density at radius 1 is 1.73 bits per heavy atom. The summed E-state index contributed by atoms with van der Waals surface area (Å²) in [5.74, 6) is 1.68. The summed E-state index contributed by atoms with van der Waals surface area (Å²) in [6.07, 6.45) is 4.21. The van der Waals surface area contributed by atoms with Gasteiger partial charge in [-0.25, -0.2) is 4.98 Å². The molecule has 15 heavy (non-hydrogen) atoms. The van der Waals surface area contributed by atoms with E-state index in [2.05, 4.69) is 17.2 Å². The van der Waals surface area contributed by atoms with Crippen LogP contribution in [0.2, 0.25) is 0 Å². The number of anilines is 1. The van der Waals surface area contributed by atoms with E-state index in [-0.39, 0.29) is 0 Å². The molecule has 2 unspecified atom stereocenters. The Balaban J connectivity index is 2.03. The monoisotopic (exact) mass is 221 g/mol. The molecule has 0 saturated heterocycles. The van der Waals surface area contributed by atoms with E-state index in [0.29, 0.717) is 11.0 Å². The lowest BCUT2D eigenvalue weighted by Crippen LogP contribution is -2.11. The minimum absolute atomic E-state index is 0.420. The Morgan fingerprint density at radius 3 is 3.13 bits per heavy atom. The molecule has 4 heteroatoms. The standard InChI is InChI=1S/C11H15N3S/c1-2-7-5-9(7)14-10-6-8(11(12)15)3-4-13-10/h3-4,6-7,9H,2,5H2,1H3,(H2,12,15)(H,13,14). The molecule has 1 aromatic heterocycles. The van der Waals surface area contributed by atoms with Crippen molar-refractivity contribution in [2.75, 3.05) is 5.32 Å². The molecule has 0 aromatic carbocycles. The molecule has 1 aromatic rings. The van der Waals surface area contributed by atoms with E-state index in [1.54, 1.807) is 6.20 Å². The number of nitrogens with two attached hydrogens (primary N) is 1. The summed E-state index contributed by atoms with van der Waals surface area (Å²) in [4.78, 5) is 4.66. The second kappa shape index (κ2) is 4.14. The van der Waals surface area contributed by atoms with Crippen LogP contribution in [0.5, 0.6) is 0 Å². The fourth-order valence-corrected chi connectivity index (χ4v) is 1.86. The van der Waals surface area contributed by atoms with Gasteiger partial charge in [-0.2, -0.15) is 0 Å². The molecule has 1 aliphatic rings. The molecule has 0 spiro atoms. The van der Waals surface area contributed by atoms with Crippen molar-refractivity contribution in [3.63, 3.8) is 0 Å². The Morgan fingerprint density at radius 2 is 2.53 bits per heavy atom. The maximum Gasteiger partial charge on any atom is 0.126 e. The maximum atomic E-state index is 5.56. The van der Waals surface area contributed by atoms with E-state index in [1.807, 2.05) is 12.1 Å². The molecule has 0 radical (unpaired) electrons. The Labute approximate surface area is 95.1 Å². The van der Waals surface area contributed by atoms with Crippen molar-refractivity contribution in [2.24, 2.45) is 11.7 Å². The lowest BCUT2D eigenvalue weighted by atomic mass is 10.2. The number of thiocarbonyl (C=S) groups is 1. The third-order valence-corrected chi connectivity index (χ3v) is 3.06. The van der Waals surface area contributed by atoms with Gasteiger partial charge in [-0.15, -0.1) is 0 Å². The molecule has 80 valence electrons. The van der Waals surface area contributed by atoms with E-state index >= 15 is 0 Å². The number of pyridine rings is 1. The van der Waals surface area contributed by atoms with Crippen molar-refractivity contribution in [3.05, 3.63) is 23.9 Å². The normalized spacial score (nSPS) is 23.5. The van der Waals surface area contributed by atoms with Crippen LogP contribution in [0, 0.1) is 5.92 Å². The number of nitrogens with zero attached hydrogens (tertiary/aromatic N) is 1. The predicted octanol–water partition coefficient (Wildman–Crippen LogP) is 1.93. The van der Waals surface area contributed by atoms with Crippen LogP contribution in [0.15, 0.2) is 18.3 Å². The van der Waals surface area contributed by atoms with Gasteiger partial charge >= 0.3 is 0 Å². The van der Waals surface area contributed by atoms with E-state index in [4.69, 9.17) is 18.0 Å². The average Bonchev–Trinajstić information content (AvgIpc) is 2.97. The van der Waals surface area contributed by atoms with Gasteiger partial charge in [-0.05, 0) is 24.5 Å². The summed E-state index contributed by atoms with van der Waals surface area (Å²) in [7, 11) is 0. The summed E-state index contributed by atoms with van der Waals surface area (Å²) < 4.78 is 0. The molecule has 0 bridgehead atoms. The molecule has 1 fully saturated rings. The fourth-order valence-electron chi connectivity index (χ4n) is 1.73. The fraction of sp³-hybridized carbons (Fsp3) is 0.455. The molecule has 2 rings (SSSR count). The minimum Gasteiger partial charge on any atom is -0.389 e. The van der Waals surface area contributed by atoms with Gasteiger partial charge in [0.25, 0.3) is 0 Å².